The molecule has 7 nitrogen and oxygen atoms in total. The molecule has 0 unspecified atom stereocenters. The lowest BCUT2D eigenvalue weighted by Gasteiger charge is -2.22. The largest absolute Gasteiger partial charge is 0.461 e. The molecule has 0 aliphatic heterocycles. The van der Waals surface area contributed by atoms with E-state index < -0.39 is 70.9 Å². The van der Waals surface area contributed by atoms with Gasteiger partial charge < -0.3 is 19.5 Å². The fourth-order valence-electron chi connectivity index (χ4n) is 2.45. The molecule has 0 saturated heterocycles. The average molecular weight is 489 g/mol. The summed E-state index contributed by atoms with van der Waals surface area (Å²) < 4.78 is 82.1. The molecule has 0 radical (unpaired) electrons. The number of amides is 1. The third-order valence-corrected chi connectivity index (χ3v) is 3.96. The highest BCUT2D eigenvalue weighted by Gasteiger charge is 2.33. The summed E-state index contributed by atoms with van der Waals surface area (Å²) >= 11 is 0. The lowest BCUT2D eigenvalue weighted by Crippen LogP contribution is -2.46. The zero-order valence-electron chi connectivity index (χ0n) is 18.2. The second-order valence-electron chi connectivity index (χ2n) is 7.87. The van der Waals surface area contributed by atoms with Crippen LogP contribution in [0.25, 0.3) is 0 Å². The first kappa shape index (κ1) is 26.6. The molecule has 0 aromatic heterocycles. The minimum atomic E-state index is -2.46. The lowest BCUT2D eigenvalue weighted by atomic mass is 10.2. The van der Waals surface area contributed by atoms with Gasteiger partial charge in [0.1, 0.15) is 18.2 Å². The van der Waals surface area contributed by atoms with Crippen LogP contribution in [-0.2, 0) is 25.7 Å². The number of benzene rings is 2. The molecular weight excluding hydrogens is 469 g/mol. The van der Waals surface area contributed by atoms with Crippen LogP contribution >= 0.6 is 0 Å². The monoisotopic (exact) mass is 489 g/mol. The van der Waals surface area contributed by atoms with Crippen molar-refractivity contribution in [3.63, 3.8) is 0 Å². The molecule has 0 spiro atoms. The number of nitrogens with one attached hydrogen (secondary N) is 1. The van der Waals surface area contributed by atoms with Crippen molar-refractivity contribution in [2.45, 2.75) is 45.4 Å². The van der Waals surface area contributed by atoms with E-state index in [9.17, 15) is 36.3 Å². The van der Waals surface area contributed by atoms with Crippen molar-refractivity contribution in [3.8, 4) is 5.75 Å². The van der Waals surface area contributed by atoms with Crippen molar-refractivity contribution in [1.82, 2.24) is 5.32 Å². The maximum atomic E-state index is 13.9. The second kappa shape index (κ2) is 10.9. The Morgan fingerprint density at radius 2 is 1.41 bits per heavy atom. The molecule has 0 aliphatic rings. The highest BCUT2D eigenvalue weighted by Crippen LogP contribution is 2.29. The van der Waals surface area contributed by atoms with E-state index >= 15 is 0 Å². The van der Waals surface area contributed by atoms with Gasteiger partial charge in [0.15, 0.2) is 0 Å². The number of ether oxygens (including phenoxy) is 3. The third-order valence-electron chi connectivity index (χ3n) is 3.96. The van der Waals surface area contributed by atoms with Gasteiger partial charge in [0.2, 0.25) is 34.8 Å². The van der Waals surface area contributed by atoms with Crippen molar-refractivity contribution >= 4 is 18.0 Å². The number of hydrogen-bond acceptors (Lipinski definition) is 6. The Bertz CT molecular complexity index is 1040. The maximum absolute atomic E-state index is 13.9. The van der Waals surface area contributed by atoms with Gasteiger partial charge in [-0.05, 0) is 26.3 Å². The Morgan fingerprint density at radius 1 is 0.882 bits per heavy atom. The smallest absolute Gasteiger partial charge is 0.408 e. The summed E-state index contributed by atoms with van der Waals surface area (Å²) in [5.41, 5.74) is -0.440. The molecule has 0 fully saturated rings. The number of hydrogen-bond donors (Lipinski definition) is 1. The van der Waals surface area contributed by atoms with E-state index in [2.05, 4.69) is 4.74 Å². The lowest BCUT2D eigenvalue weighted by molar-refractivity contribution is -0.149. The van der Waals surface area contributed by atoms with E-state index in [0.29, 0.717) is 5.56 Å². The van der Waals surface area contributed by atoms with E-state index in [-0.39, 0.29) is 6.61 Å². The van der Waals surface area contributed by atoms with Crippen LogP contribution in [0.3, 0.4) is 0 Å². The van der Waals surface area contributed by atoms with Crippen molar-refractivity contribution in [2.24, 2.45) is 0 Å². The predicted octanol–water partition coefficient (Wildman–Crippen LogP) is 4.31. The fourth-order valence-corrected chi connectivity index (χ4v) is 2.45. The number of halogens is 5. The number of carbonyl (C=O) groups excluding carboxylic acids is 3. The summed E-state index contributed by atoms with van der Waals surface area (Å²) in [6.45, 7) is 4.26. The maximum Gasteiger partial charge on any atom is 0.408 e. The van der Waals surface area contributed by atoms with E-state index in [1.807, 2.05) is 5.32 Å². The first-order valence-electron chi connectivity index (χ1n) is 9.72. The van der Waals surface area contributed by atoms with Crippen molar-refractivity contribution in [3.05, 3.63) is 65.0 Å². The fraction of sp³-hybridized carbons (Fsp3) is 0.318. The molecule has 0 heterocycles. The van der Waals surface area contributed by atoms with Gasteiger partial charge in [0.05, 0.1) is 6.42 Å². The molecule has 0 aliphatic carbocycles. The van der Waals surface area contributed by atoms with Gasteiger partial charge in [-0.3, -0.25) is 4.79 Å². The summed E-state index contributed by atoms with van der Waals surface area (Å²) in [6, 6.07) is 6.41. The van der Waals surface area contributed by atoms with Crippen LogP contribution in [-0.4, -0.2) is 29.7 Å². The van der Waals surface area contributed by atoms with Crippen LogP contribution in [0.1, 0.15) is 32.8 Å². The minimum absolute atomic E-state index is 0.203. The van der Waals surface area contributed by atoms with Gasteiger partial charge >= 0.3 is 18.0 Å². The summed E-state index contributed by atoms with van der Waals surface area (Å²) in [6.07, 6.45) is -2.12. The molecule has 1 amide bonds. The number of rotatable bonds is 7. The highest BCUT2D eigenvalue weighted by atomic mass is 19.2. The first-order chi connectivity index (χ1) is 15.8. The van der Waals surface area contributed by atoms with E-state index in [1.54, 1.807) is 30.3 Å². The van der Waals surface area contributed by atoms with Gasteiger partial charge in [0.25, 0.3) is 0 Å². The number of alkyl carbamates (subject to hydrolysis) is 1. The van der Waals surface area contributed by atoms with Crippen LogP contribution < -0.4 is 10.1 Å². The molecule has 1 atom stereocenters. The molecule has 184 valence electrons. The third kappa shape index (κ3) is 7.15. The zero-order valence-corrected chi connectivity index (χ0v) is 18.2. The highest BCUT2D eigenvalue weighted by molar-refractivity contribution is 5.87. The molecular formula is C22H20F5NO6. The second-order valence-corrected chi connectivity index (χ2v) is 7.87. The van der Waals surface area contributed by atoms with Gasteiger partial charge in [-0.2, -0.15) is 8.78 Å². The standard InChI is InChI=1S/C22H20F5NO6/c1-22(2,3)34-21(31)28-12(9-13(29)32-10-11-7-5-4-6-8-11)20(30)33-19-17(26)15(24)14(23)16(25)18(19)27/h4-8,12H,9-10H2,1-3H3,(H,28,31)/t12-/m0/s1. The van der Waals surface area contributed by atoms with E-state index in [4.69, 9.17) is 9.47 Å². The Kier molecular flexibility index (Phi) is 8.55. The normalized spacial score (nSPS) is 12.0. The quantitative estimate of drug-likeness (QED) is 0.205. The van der Waals surface area contributed by atoms with Crippen LogP contribution in [0.2, 0.25) is 0 Å². The molecule has 1 N–H and O–H groups in total. The summed E-state index contributed by atoms with van der Waals surface area (Å²) in [7, 11) is 0. The molecule has 2 aromatic rings. The van der Waals surface area contributed by atoms with Gasteiger partial charge in [-0.25, -0.2) is 22.8 Å². The number of esters is 2. The summed E-state index contributed by atoms with van der Waals surface area (Å²) in [4.78, 5) is 36.7. The van der Waals surface area contributed by atoms with Crippen molar-refractivity contribution < 1.29 is 50.5 Å². The Hall–Kier alpha value is -3.70. The summed E-state index contributed by atoms with van der Waals surface area (Å²) in [5, 5.41) is 1.96. The first-order valence-corrected chi connectivity index (χ1v) is 9.72. The zero-order chi connectivity index (χ0) is 25.6. The van der Waals surface area contributed by atoms with Crippen LogP contribution in [0.5, 0.6) is 5.75 Å². The van der Waals surface area contributed by atoms with Crippen molar-refractivity contribution in [2.75, 3.05) is 0 Å². The Balaban J connectivity index is 2.22. The molecule has 0 saturated carbocycles. The Labute approximate surface area is 190 Å². The minimum Gasteiger partial charge on any atom is -0.461 e. The predicted molar refractivity (Wildman–Crippen MR) is 106 cm³/mol. The van der Waals surface area contributed by atoms with Gasteiger partial charge in [-0.15, -0.1) is 0 Å². The SMILES string of the molecule is CC(C)(C)OC(=O)N[C@@H](CC(=O)OCc1ccccc1)C(=O)Oc1c(F)c(F)c(F)c(F)c1F. The van der Waals surface area contributed by atoms with Crippen LogP contribution in [0.15, 0.2) is 30.3 Å². The van der Waals surface area contributed by atoms with Gasteiger partial charge in [0, 0.05) is 0 Å². The molecule has 12 heteroatoms. The molecule has 2 rings (SSSR count). The van der Waals surface area contributed by atoms with Crippen LogP contribution in [0.4, 0.5) is 26.7 Å². The van der Waals surface area contributed by atoms with Crippen molar-refractivity contribution in [1.29, 1.82) is 0 Å². The topological polar surface area (TPSA) is 90.9 Å². The van der Waals surface area contributed by atoms with Gasteiger partial charge in [-0.1, -0.05) is 30.3 Å². The van der Waals surface area contributed by atoms with E-state index in [1.165, 1.54) is 20.8 Å². The number of carbonyl (C=O) groups is 3. The molecule has 34 heavy (non-hydrogen) atoms. The average Bonchev–Trinajstić information content (AvgIpc) is 2.76. The summed E-state index contributed by atoms with van der Waals surface area (Å²) in [5.74, 6) is -16.6. The van der Waals surface area contributed by atoms with Crippen LogP contribution in [0, 0.1) is 29.1 Å². The molecule has 2 aromatic carbocycles. The van der Waals surface area contributed by atoms with E-state index in [0.717, 1.165) is 0 Å². The Morgan fingerprint density at radius 3 is 1.94 bits per heavy atom. The molecule has 0 bridgehead atoms.